The van der Waals surface area contributed by atoms with E-state index in [0.29, 0.717) is 0 Å². The molecule has 0 amide bonds. The predicted octanol–water partition coefficient (Wildman–Crippen LogP) is 3.47. The van der Waals surface area contributed by atoms with Crippen molar-refractivity contribution in [2.24, 2.45) is 0 Å². The molecule has 1 heterocycles. The van der Waals surface area contributed by atoms with Crippen LogP contribution in [0, 0.1) is 0 Å². The number of ketones is 3. The van der Waals surface area contributed by atoms with Crippen LogP contribution in [0.15, 0.2) is 24.3 Å². The van der Waals surface area contributed by atoms with Crippen LogP contribution >= 0.6 is 22.6 Å². The molecule has 0 radical (unpaired) electrons. The fourth-order valence-electron chi connectivity index (χ4n) is 5.87. The SMILES string of the molecule is C[C@@H]1O[C@@H](O[C@H]2C[C@@](O)(C(=O)CO[Si](C)(C)C(C)(C)C)Cc3c(O)c4c(c(O)c32)C(=O)c2ccccc2C4=O)[C@H](I)[C@H](O)[C@H]1O. The van der Waals surface area contributed by atoms with E-state index in [1.165, 1.54) is 12.1 Å². The van der Waals surface area contributed by atoms with Crippen molar-refractivity contribution < 1.29 is 53.8 Å². The van der Waals surface area contributed by atoms with Crippen molar-refractivity contribution >= 4 is 48.3 Å². The minimum atomic E-state index is -2.42. The normalized spacial score (nSPS) is 30.0. The van der Waals surface area contributed by atoms with Gasteiger partial charge in [-0.1, -0.05) is 67.6 Å². The molecule has 1 saturated heterocycles. The van der Waals surface area contributed by atoms with E-state index in [9.17, 15) is 39.9 Å². The van der Waals surface area contributed by atoms with Gasteiger partial charge in [0, 0.05) is 35.1 Å². The van der Waals surface area contributed by atoms with Crippen molar-refractivity contribution in [3.05, 3.63) is 57.6 Å². The van der Waals surface area contributed by atoms with E-state index in [4.69, 9.17) is 13.9 Å². The number of carbonyl (C=O) groups excluding carboxylic acids is 3. The van der Waals surface area contributed by atoms with Crippen LogP contribution in [0.25, 0.3) is 0 Å². The minimum Gasteiger partial charge on any atom is -0.507 e. The number of halogens is 1. The van der Waals surface area contributed by atoms with Gasteiger partial charge in [0.1, 0.15) is 23.2 Å². The van der Waals surface area contributed by atoms with Crippen LogP contribution < -0.4 is 0 Å². The summed E-state index contributed by atoms with van der Waals surface area (Å²) >= 11 is 1.86. The number of hydrogen-bond acceptors (Lipinski definition) is 11. The molecule has 5 rings (SSSR count). The number of rotatable bonds is 6. The van der Waals surface area contributed by atoms with Crippen molar-refractivity contribution in [1.82, 2.24) is 0 Å². The quantitative estimate of drug-likeness (QED) is 0.108. The van der Waals surface area contributed by atoms with Crippen LogP contribution in [-0.2, 0) is 25.1 Å². The zero-order valence-electron chi connectivity index (χ0n) is 26.0. The average molecular weight is 755 g/mol. The topological polar surface area (TPSA) is 180 Å². The molecule has 0 unspecified atom stereocenters. The van der Waals surface area contributed by atoms with Gasteiger partial charge in [-0.15, -0.1) is 0 Å². The van der Waals surface area contributed by atoms with E-state index < -0.39 is 108 Å². The van der Waals surface area contributed by atoms with Crippen LogP contribution in [0.1, 0.15) is 83.2 Å². The second-order valence-electron chi connectivity index (χ2n) is 13.7. The molecule has 13 heteroatoms. The minimum absolute atomic E-state index is 0.0484. The first-order valence-corrected chi connectivity index (χ1v) is 19.0. The lowest BCUT2D eigenvalue weighted by Gasteiger charge is -2.44. The fourth-order valence-corrected chi connectivity index (χ4v) is 7.56. The summed E-state index contributed by atoms with van der Waals surface area (Å²) in [5.41, 5.74) is -3.09. The molecule has 3 aliphatic rings. The maximum Gasteiger partial charge on any atom is 0.198 e. The van der Waals surface area contributed by atoms with Gasteiger partial charge in [0.05, 0.1) is 40.0 Å². The van der Waals surface area contributed by atoms with Crippen LogP contribution in [0.5, 0.6) is 11.5 Å². The van der Waals surface area contributed by atoms with Crippen molar-refractivity contribution in [3.63, 3.8) is 0 Å². The molecule has 5 N–H and O–H groups in total. The molecule has 0 aromatic heterocycles. The smallest absolute Gasteiger partial charge is 0.198 e. The Morgan fingerprint density at radius 2 is 1.60 bits per heavy atom. The summed E-state index contributed by atoms with van der Waals surface area (Å²) in [5.74, 6) is -3.31. The standard InChI is InChI=1S/C32H39IO11Si/c1-14-24(35)29(40)23(33)30(43-14)44-18-12-32(41,19(34)13-42-45(5,6)31(2,3)4)11-17-20(18)28(39)22-21(27(17)38)25(36)15-9-7-8-10-16(15)26(22)37/h7-10,14,18,23-24,29-30,35,38-41H,11-13H2,1-6H3/t14-,18-,23+,24-,29-,30-,32+/m0/s1. The number of aromatic hydroxyl groups is 2. The number of ether oxygens (including phenoxy) is 2. The third kappa shape index (κ3) is 5.68. The first-order chi connectivity index (χ1) is 20.8. The van der Waals surface area contributed by atoms with Crippen molar-refractivity contribution in [2.75, 3.05) is 6.61 Å². The van der Waals surface area contributed by atoms with E-state index in [1.54, 1.807) is 19.1 Å². The zero-order chi connectivity index (χ0) is 33.4. The second-order valence-corrected chi connectivity index (χ2v) is 19.9. The average Bonchev–Trinajstić information content (AvgIpc) is 2.97. The second kappa shape index (κ2) is 11.8. The number of carbonyl (C=O) groups is 3. The summed E-state index contributed by atoms with van der Waals surface area (Å²) in [6.07, 6.45) is -6.74. The Morgan fingerprint density at radius 3 is 2.16 bits per heavy atom. The third-order valence-corrected chi connectivity index (χ3v) is 15.5. The number of hydrogen-bond donors (Lipinski definition) is 5. The van der Waals surface area contributed by atoms with Crippen molar-refractivity contribution in [3.8, 4) is 11.5 Å². The van der Waals surface area contributed by atoms with E-state index >= 15 is 0 Å². The van der Waals surface area contributed by atoms with Gasteiger partial charge in [0.25, 0.3) is 0 Å². The molecule has 1 fully saturated rings. The van der Waals surface area contributed by atoms with Gasteiger partial charge in [0.2, 0.25) is 0 Å². The molecule has 0 bridgehead atoms. The molecule has 0 saturated carbocycles. The summed E-state index contributed by atoms with van der Waals surface area (Å²) in [5, 5.41) is 55.9. The van der Waals surface area contributed by atoms with Crippen molar-refractivity contribution in [2.45, 2.75) is 98.9 Å². The molecule has 7 atom stereocenters. The number of phenolic OH excluding ortho intramolecular Hbond substituents is 2. The van der Waals surface area contributed by atoms with Crippen LogP contribution in [0.4, 0.5) is 0 Å². The van der Waals surface area contributed by atoms with Gasteiger partial charge in [-0.05, 0) is 25.1 Å². The highest BCUT2D eigenvalue weighted by atomic mass is 127. The monoisotopic (exact) mass is 754 g/mol. The highest BCUT2D eigenvalue weighted by Crippen LogP contribution is 2.52. The molecule has 11 nitrogen and oxygen atoms in total. The van der Waals surface area contributed by atoms with Crippen LogP contribution in [0.3, 0.4) is 0 Å². The lowest BCUT2D eigenvalue weighted by Crippen LogP contribution is -2.56. The van der Waals surface area contributed by atoms with Gasteiger partial charge >= 0.3 is 0 Å². The van der Waals surface area contributed by atoms with Crippen LogP contribution in [0.2, 0.25) is 18.1 Å². The molecule has 244 valence electrons. The van der Waals surface area contributed by atoms with Gasteiger partial charge in [-0.25, -0.2) is 0 Å². The summed E-state index contributed by atoms with van der Waals surface area (Å²) in [6.45, 7) is 11.1. The van der Waals surface area contributed by atoms with E-state index in [2.05, 4.69) is 0 Å². The molecule has 1 aliphatic heterocycles. The number of aliphatic hydroxyl groups is 3. The van der Waals surface area contributed by atoms with Gasteiger partial charge < -0.3 is 39.4 Å². The number of aliphatic hydroxyl groups excluding tert-OH is 2. The molecular formula is C32H39IO11Si. The van der Waals surface area contributed by atoms with Crippen molar-refractivity contribution in [1.29, 1.82) is 0 Å². The fraction of sp³-hybridized carbons (Fsp3) is 0.531. The zero-order valence-corrected chi connectivity index (χ0v) is 29.1. The predicted molar refractivity (Wildman–Crippen MR) is 172 cm³/mol. The van der Waals surface area contributed by atoms with E-state index in [1.807, 2.05) is 56.5 Å². The largest absolute Gasteiger partial charge is 0.507 e. The number of fused-ring (bicyclic) bond motifs is 3. The number of phenols is 2. The van der Waals surface area contributed by atoms with E-state index in [0.717, 1.165) is 0 Å². The summed E-state index contributed by atoms with van der Waals surface area (Å²) < 4.78 is 17.4. The Morgan fingerprint density at radius 1 is 1.04 bits per heavy atom. The van der Waals surface area contributed by atoms with Gasteiger partial charge in [0.15, 0.2) is 32.0 Å². The highest BCUT2D eigenvalue weighted by molar-refractivity contribution is 14.1. The molecule has 2 aliphatic carbocycles. The summed E-state index contributed by atoms with van der Waals surface area (Å²) in [4.78, 5) is 40.9. The Kier molecular flexibility index (Phi) is 8.92. The Labute approximate surface area is 275 Å². The lowest BCUT2D eigenvalue weighted by molar-refractivity contribution is -0.259. The molecule has 0 spiro atoms. The molecule has 45 heavy (non-hydrogen) atoms. The number of alkyl halides is 1. The first-order valence-electron chi connectivity index (χ1n) is 14.8. The Balaban J connectivity index is 1.62. The third-order valence-electron chi connectivity index (χ3n) is 9.73. The first kappa shape index (κ1) is 34.1. The van der Waals surface area contributed by atoms with E-state index in [-0.39, 0.29) is 27.3 Å². The molecule has 2 aromatic rings. The summed E-state index contributed by atoms with van der Waals surface area (Å²) in [7, 11) is -2.42. The molecular weight excluding hydrogens is 715 g/mol. The van der Waals surface area contributed by atoms with Crippen LogP contribution in [-0.4, -0.2) is 91.9 Å². The summed E-state index contributed by atoms with van der Waals surface area (Å²) in [6, 6.07) is 6.05. The Hall–Kier alpha value is -2.24. The Bertz CT molecular complexity index is 1570. The number of benzene rings is 2. The lowest BCUT2D eigenvalue weighted by atomic mass is 9.72. The highest BCUT2D eigenvalue weighted by Gasteiger charge is 2.52. The number of Topliss-reactive ketones (excluding diaryl/α,β-unsaturated/α-hetero) is 1. The van der Waals surface area contributed by atoms with Gasteiger partial charge in [-0.3, -0.25) is 14.4 Å². The maximum absolute atomic E-state index is 13.7. The maximum atomic E-state index is 13.7. The van der Waals surface area contributed by atoms with Gasteiger partial charge in [-0.2, -0.15) is 0 Å². The molecule has 2 aromatic carbocycles.